The van der Waals surface area contributed by atoms with Crippen LogP contribution in [0.4, 0.5) is 0 Å². The van der Waals surface area contributed by atoms with E-state index in [9.17, 15) is 0 Å². The number of aliphatic hydroxyl groups excluding tert-OH is 1. The molecule has 0 amide bonds. The standard InChI is InChI=1S/C15H15BrO2S/c16-13-4-2-5-14(10-13)18-7-8-19-15-6-1-3-12(9-15)11-17/h1-6,9-10,17H,7-8,11H2. The number of hydrogen-bond acceptors (Lipinski definition) is 3. The Labute approximate surface area is 125 Å². The summed E-state index contributed by atoms with van der Waals surface area (Å²) in [5, 5.41) is 9.07. The van der Waals surface area contributed by atoms with Crippen molar-refractivity contribution in [3.05, 3.63) is 58.6 Å². The molecule has 0 saturated carbocycles. The summed E-state index contributed by atoms with van der Waals surface area (Å²) in [6, 6.07) is 15.8. The van der Waals surface area contributed by atoms with E-state index in [4.69, 9.17) is 9.84 Å². The molecule has 0 aliphatic rings. The van der Waals surface area contributed by atoms with E-state index in [0.717, 1.165) is 26.4 Å². The van der Waals surface area contributed by atoms with Crippen molar-refractivity contribution in [2.75, 3.05) is 12.4 Å². The van der Waals surface area contributed by atoms with E-state index in [-0.39, 0.29) is 6.61 Å². The van der Waals surface area contributed by atoms with Crippen LogP contribution in [-0.4, -0.2) is 17.5 Å². The molecule has 4 heteroatoms. The number of ether oxygens (including phenoxy) is 1. The van der Waals surface area contributed by atoms with Crippen LogP contribution in [0.2, 0.25) is 0 Å². The average Bonchev–Trinajstić information content (AvgIpc) is 2.44. The largest absolute Gasteiger partial charge is 0.493 e. The molecule has 1 N–H and O–H groups in total. The van der Waals surface area contributed by atoms with Crippen LogP contribution in [0.3, 0.4) is 0 Å². The maximum atomic E-state index is 9.07. The first kappa shape index (κ1) is 14.4. The molecule has 100 valence electrons. The molecule has 2 aromatic rings. The predicted molar refractivity (Wildman–Crippen MR) is 82.7 cm³/mol. The van der Waals surface area contributed by atoms with Crippen LogP contribution < -0.4 is 4.74 Å². The lowest BCUT2D eigenvalue weighted by Crippen LogP contribution is -1.99. The summed E-state index contributed by atoms with van der Waals surface area (Å²) in [4.78, 5) is 1.16. The van der Waals surface area contributed by atoms with E-state index in [0.29, 0.717) is 6.61 Å². The van der Waals surface area contributed by atoms with Gasteiger partial charge < -0.3 is 9.84 Å². The van der Waals surface area contributed by atoms with E-state index in [1.165, 1.54) is 0 Å². The third kappa shape index (κ3) is 4.90. The molecule has 2 aromatic carbocycles. The minimum Gasteiger partial charge on any atom is -0.493 e. The van der Waals surface area contributed by atoms with E-state index < -0.39 is 0 Å². The fraction of sp³-hybridized carbons (Fsp3) is 0.200. The number of aliphatic hydroxyl groups is 1. The monoisotopic (exact) mass is 338 g/mol. The first-order valence-corrected chi connectivity index (χ1v) is 7.77. The lowest BCUT2D eigenvalue weighted by atomic mass is 10.2. The van der Waals surface area contributed by atoms with Gasteiger partial charge in [0.2, 0.25) is 0 Å². The van der Waals surface area contributed by atoms with Crippen molar-refractivity contribution in [2.45, 2.75) is 11.5 Å². The summed E-state index contributed by atoms with van der Waals surface area (Å²) in [5.74, 6) is 1.75. The highest BCUT2D eigenvalue weighted by atomic mass is 79.9. The fourth-order valence-electron chi connectivity index (χ4n) is 1.61. The Hall–Kier alpha value is -0.970. The number of halogens is 1. The van der Waals surface area contributed by atoms with Crippen molar-refractivity contribution >= 4 is 27.7 Å². The molecule has 0 aliphatic carbocycles. The van der Waals surface area contributed by atoms with Gasteiger partial charge in [0.15, 0.2) is 0 Å². The van der Waals surface area contributed by atoms with E-state index in [2.05, 4.69) is 15.9 Å². The number of benzene rings is 2. The van der Waals surface area contributed by atoms with Crippen LogP contribution in [0.25, 0.3) is 0 Å². The maximum absolute atomic E-state index is 9.07. The second-order valence-corrected chi connectivity index (χ2v) is 6.04. The minimum atomic E-state index is 0.0863. The van der Waals surface area contributed by atoms with Crippen molar-refractivity contribution < 1.29 is 9.84 Å². The first-order valence-electron chi connectivity index (χ1n) is 5.99. The summed E-state index contributed by atoms with van der Waals surface area (Å²) < 4.78 is 6.69. The molecule has 0 bridgehead atoms. The highest BCUT2D eigenvalue weighted by Crippen LogP contribution is 2.21. The third-order valence-corrected chi connectivity index (χ3v) is 3.95. The van der Waals surface area contributed by atoms with Crippen molar-refractivity contribution in [3.63, 3.8) is 0 Å². The Balaban J connectivity index is 1.77. The van der Waals surface area contributed by atoms with Gasteiger partial charge in [-0.3, -0.25) is 0 Å². The molecule has 0 aliphatic heterocycles. The molecule has 2 nitrogen and oxygen atoms in total. The molecular weight excluding hydrogens is 324 g/mol. The van der Waals surface area contributed by atoms with Crippen LogP contribution in [-0.2, 0) is 6.61 Å². The lowest BCUT2D eigenvalue weighted by molar-refractivity contribution is 0.281. The predicted octanol–water partition coefficient (Wildman–Crippen LogP) is 4.11. The zero-order valence-electron chi connectivity index (χ0n) is 10.4. The van der Waals surface area contributed by atoms with E-state index >= 15 is 0 Å². The molecule has 0 fully saturated rings. The van der Waals surface area contributed by atoms with Crippen molar-refractivity contribution in [2.24, 2.45) is 0 Å². The Bertz CT molecular complexity index is 531. The highest BCUT2D eigenvalue weighted by Gasteiger charge is 1.98. The Kier molecular flexibility index (Phi) is 5.76. The summed E-state index contributed by atoms with van der Waals surface area (Å²) in [7, 11) is 0. The van der Waals surface area contributed by atoms with Crippen LogP contribution in [0, 0.1) is 0 Å². The van der Waals surface area contributed by atoms with Crippen molar-refractivity contribution in [1.29, 1.82) is 0 Å². The summed E-state index contributed by atoms with van der Waals surface area (Å²) in [6.45, 7) is 0.743. The van der Waals surface area contributed by atoms with Gasteiger partial charge >= 0.3 is 0 Å². The lowest BCUT2D eigenvalue weighted by Gasteiger charge is -2.07. The summed E-state index contributed by atoms with van der Waals surface area (Å²) in [6.07, 6.45) is 0. The number of hydrogen-bond donors (Lipinski definition) is 1. The van der Waals surface area contributed by atoms with Gasteiger partial charge in [-0.15, -0.1) is 11.8 Å². The van der Waals surface area contributed by atoms with Gasteiger partial charge in [0.1, 0.15) is 5.75 Å². The zero-order chi connectivity index (χ0) is 13.5. The third-order valence-electron chi connectivity index (χ3n) is 2.50. The van der Waals surface area contributed by atoms with Crippen LogP contribution in [0.5, 0.6) is 5.75 Å². The molecule has 0 spiro atoms. The zero-order valence-corrected chi connectivity index (χ0v) is 12.8. The first-order chi connectivity index (χ1) is 9.28. The number of rotatable bonds is 6. The Morgan fingerprint density at radius 1 is 1.11 bits per heavy atom. The second kappa shape index (κ2) is 7.58. The molecule has 0 unspecified atom stereocenters. The molecule has 2 rings (SSSR count). The Morgan fingerprint density at radius 3 is 2.74 bits per heavy atom. The molecular formula is C15H15BrO2S. The second-order valence-electron chi connectivity index (χ2n) is 3.96. The van der Waals surface area contributed by atoms with Crippen LogP contribution >= 0.6 is 27.7 Å². The molecule has 19 heavy (non-hydrogen) atoms. The normalized spacial score (nSPS) is 10.4. The molecule has 0 aromatic heterocycles. The fourth-order valence-corrected chi connectivity index (χ4v) is 2.80. The SMILES string of the molecule is OCc1cccc(SCCOc2cccc(Br)c2)c1. The van der Waals surface area contributed by atoms with Gasteiger partial charge in [0, 0.05) is 15.1 Å². The Morgan fingerprint density at radius 2 is 1.95 bits per heavy atom. The maximum Gasteiger partial charge on any atom is 0.120 e. The molecule has 0 saturated heterocycles. The summed E-state index contributed by atoms with van der Waals surface area (Å²) >= 11 is 5.14. The molecule has 0 atom stereocenters. The van der Waals surface area contributed by atoms with Gasteiger partial charge in [-0.05, 0) is 35.9 Å². The van der Waals surface area contributed by atoms with E-state index in [1.54, 1.807) is 11.8 Å². The topological polar surface area (TPSA) is 29.5 Å². The molecule has 0 heterocycles. The van der Waals surface area contributed by atoms with Gasteiger partial charge in [-0.2, -0.15) is 0 Å². The average molecular weight is 339 g/mol. The van der Waals surface area contributed by atoms with Gasteiger partial charge in [-0.25, -0.2) is 0 Å². The quantitative estimate of drug-likeness (QED) is 0.634. The van der Waals surface area contributed by atoms with Crippen molar-refractivity contribution in [3.8, 4) is 5.75 Å². The highest BCUT2D eigenvalue weighted by molar-refractivity contribution is 9.10. The van der Waals surface area contributed by atoms with Gasteiger partial charge in [-0.1, -0.05) is 34.1 Å². The van der Waals surface area contributed by atoms with Crippen LogP contribution in [0.15, 0.2) is 57.9 Å². The van der Waals surface area contributed by atoms with Gasteiger partial charge in [0.25, 0.3) is 0 Å². The molecule has 0 radical (unpaired) electrons. The van der Waals surface area contributed by atoms with E-state index in [1.807, 2.05) is 48.5 Å². The van der Waals surface area contributed by atoms with Gasteiger partial charge in [0.05, 0.1) is 13.2 Å². The smallest absolute Gasteiger partial charge is 0.120 e. The van der Waals surface area contributed by atoms with Crippen molar-refractivity contribution in [1.82, 2.24) is 0 Å². The summed E-state index contributed by atoms with van der Waals surface area (Å²) in [5.41, 5.74) is 0.943. The van der Waals surface area contributed by atoms with Crippen LogP contribution in [0.1, 0.15) is 5.56 Å². The number of thioether (sulfide) groups is 1. The minimum absolute atomic E-state index is 0.0863.